The molecule has 37 heavy (non-hydrogen) atoms. The Balaban J connectivity index is 1.72. The standard InChI is InChI=1S/C27H32BrClN2O6/c1-3-5-8-15-36-26(35)20-21-24(33)31(13-9-14-32)23(27(21)16-17(28)22(20)37-27)25(34)30(12-4-2)19-11-7-6-10-18(19)29/h3-4,6-7,10-11,17,20-23,32H,1-2,5,8-9,12-16H2/t17?,20-,21+,22-,23?,27?/m1/s1. The first-order chi connectivity index (χ1) is 17.8. The van der Waals surface area contributed by atoms with Crippen LogP contribution in [0.1, 0.15) is 25.7 Å². The number of aliphatic hydroxyl groups excluding tert-OH is 1. The summed E-state index contributed by atoms with van der Waals surface area (Å²) in [5.74, 6) is -2.90. The van der Waals surface area contributed by atoms with Crippen molar-refractivity contribution >= 4 is 51.0 Å². The summed E-state index contributed by atoms with van der Waals surface area (Å²) < 4.78 is 12.0. The van der Waals surface area contributed by atoms with Crippen LogP contribution in [0.2, 0.25) is 5.02 Å². The van der Waals surface area contributed by atoms with Crippen LogP contribution in [0, 0.1) is 11.8 Å². The predicted octanol–water partition coefficient (Wildman–Crippen LogP) is 3.50. The number of hydrogen-bond acceptors (Lipinski definition) is 6. The van der Waals surface area contributed by atoms with Crippen LogP contribution in [-0.4, -0.2) is 76.7 Å². The molecule has 3 fully saturated rings. The number of carbonyl (C=O) groups is 3. The van der Waals surface area contributed by atoms with Gasteiger partial charge in [-0.25, -0.2) is 0 Å². The molecule has 10 heteroatoms. The van der Waals surface area contributed by atoms with E-state index in [0.717, 1.165) is 0 Å². The number of unbranched alkanes of at least 4 members (excludes halogenated alkanes) is 1. The van der Waals surface area contributed by atoms with Gasteiger partial charge in [0.25, 0.3) is 5.91 Å². The molecule has 3 heterocycles. The monoisotopic (exact) mass is 594 g/mol. The van der Waals surface area contributed by atoms with Gasteiger partial charge >= 0.3 is 5.97 Å². The van der Waals surface area contributed by atoms with Crippen LogP contribution in [0.4, 0.5) is 5.69 Å². The Hall–Kier alpha value is -2.20. The molecule has 1 aromatic carbocycles. The molecule has 6 atom stereocenters. The number of halogens is 2. The Morgan fingerprint density at radius 1 is 1.30 bits per heavy atom. The van der Waals surface area contributed by atoms with Crippen LogP contribution in [0.3, 0.4) is 0 Å². The van der Waals surface area contributed by atoms with Gasteiger partial charge in [0.1, 0.15) is 11.6 Å². The van der Waals surface area contributed by atoms with Crippen molar-refractivity contribution < 1.29 is 29.0 Å². The number of para-hydroxylation sites is 1. The van der Waals surface area contributed by atoms with Gasteiger partial charge in [0, 0.05) is 24.5 Å². The molecule has 200 valence electrons. The number of benzene rings is 1. The van der Waals surface area contributed by atoms with Crippen LogP contribution in [0.25, 0.3) is 0 Å². The fourth-order valence-electron chi connectivity index (χ4n) is 5.91. The van der Waals surface area contributed by atoms with Crippen molar-refractivity contribution in [2.75, 3.05) is 31.2 Å². The minimum absolute atomic E-state index is 0.149. The number of nitrogens with zero attached hydrogens (tertiary/aromatic N) is 2. The fraction of sp³-hybridized carbons (Fsp3) is 0.519. The van der Waals surface area contributed by atoms with Crippen molar-refractivity contribution in [3.8, 4) is 0 Å². The Morgan fingerprint density at radius 3 is 2.73 bits per heavy atom. The third-order valence-electron chi connectivity index (χ3n) is 7.37. The van der Waals surface area contributed by atoms with Crippen LogP contribution < -0.4 is 4.90 Å². The van der Waals surface area contributed by atoms with Crippen LogP contribution in [0.5, 0.6) is 0 Å². The molecule has 2 amide bonds. The van der Waals surface area contributed by atoms with Crippen molar-refractivity contribution in [2.45, 2.75) is 48.3 Å². The predicted molar refractivity (Wildman–Crippen MR) is 144 cm³/mol. The van der Waals surface area contributed by atoms with Crippen molar-refractivity contribution in [2.24, 2.45) is 11.8 Å². The smallest absolute Gasteiger partial charge is 0.312 e. The fourth-order valence-corrected chi connectivity index (χ4v) is 7.09. The quantitative estimate of drug-likeness (QED) is 0.172. The minimum atomic E-state index is -1.21. The molecular weight excluding hydrogens is 564 g/mol. The van der Waals surface area contributed by atoms with E-state index in [4.69, 9.17) is 21.1 Å². The van der Waals surface area contributed by atoms with E-state index in [1.165, 1.54) is 9.80 Å². The maximum absolute atomic E-state index is 14.3. The lowest BCUT2D eigenvalue weighted by Gasteiger charge is -2.37. The van der Waals surface area contributed by atoms with E-state index >= 15 is 0 Å². The lowest BCUT2D eigenvalue weighted by atomic mass is 9.70. The number of anilines is 1. The molecule has 3 saturated heterocycles. The number of carbonyl (C=O) groups excluding carboxylic acids is 3. The van der Waals surface area contributed by atoms with Gasteiger partial charge in [0.05, 0.1) is 35.3 Å². The third kappa shape index (κ3) is 4.87. The van der Waals surface area contributed by atoms with Crippen molar-refractivity contribution in [1.82, 2.24) is 4.90 Å². The van der Waals surface area contributed by atoms with Crippen LogP contribution >= 0.6 is 27.5 Å². The molecule has 4 rings (SSSR count). The lowest BCUT2D eigenvalue weighted by molar-refractivity contribution is -0.155. The molecule has 3 unspecified atom stereocenters. The molecule has 0 radical (unpaired) electrons. The first-order valence-electron chi connectivity index (χ1n) is 12.5. The second kappa shape index (κ2) is 11.7. The van der Waals surface area contributed by atoms with Gasteiger partial charge in [0.15, 0.2) is 0 Å². The van der Waals surface area contributed by atoms with Gasteiger partial charge in [-0.15, -0.1) is 13.2 Å². The van der Waals surface area contributed by atoms with E-state index in [0.29, 0.717) is 30.0 Å². The summed E-state index contributed by atoms with van der Waals surface area (Å²) in [5.41, 5.74) is -0.724. The SMILES string of the molecule is C=CCCCOC(=O)[C@H]1[C@@H]2OC3(CC2Br)C(C(=O)N(CC=C)c2ccccc2Cl)N(CCCO)C(=O)[C@H]13. The summed E-state index contributed by atoms with van der Waals surface area (Å²) in [5, 5.41) is 9.90. The number of esters is 1. The summed E-state index contributed by atoms with van der Waals surface area (Å²) >= 11 is 10.1. The molecule has 2 bridgehead atoms. The van der Waals surface area contributed by atoms with Crippen molar-refractivity contribution in [3.63, 3.8) is 0 Å². The summed E-state index contributed by atoms with van der Waals surface area (Å²) in [4.78, 5) is 44.2. The zero-order valence-corrected chi connectivity index (χ0v) is 22.9. The summed E-state index contributed by atoms with van der Waals surface area (Å²) in [6.07, 6.45) is 4.75. The summed E-state index contributed by atoms with van der Waals surface area (Å²) in [6, 6.07) is 5.97. The molecule has 0 saturated carbocycles. The lowest BCUT2D eigenvalue weighted by Crippen LogP contribution is -2.57. The Kier molecular flexibility index (Phi) is 8.78. The first-order valence-corrected chi connectivity index (χ1v) is 13.8. The maximum atomic E-state index is 14.3. The Labute approximate surface area is 230 Å². The second-order valence-electron chi connectivity index (χ2n) is 9.56. The summed E-state index contributed by atoms with van der Waals surface area (Å²) in [7, 11) is 0. The molecule has 0 aromatic heterocycles. The number of amides is 2. The number of hydrogen-bond donors (Lipinski definition) is 1. The zero-order chi connectivity index (χ0) is 26.7. The number of fused-ring (bicyclic) bond motifs is 1. The van der Waals surface area contributed by atoms with Crippen LogP contribution in [-0.2, 0) is 23.9 Å². The highest BCUT2D eigenvalue weighted by atomic mass is 79.9. The van der Waals surface area contributed by atoms with Gasteiger partial charge in [-0.1, -0.05) is 51.8 Å². The van der Waals surface area contributed by atoms with Gasteiger partial charge < -0.3 is 24.4 Å². The van der Waals surface area contributed by atoms with Gasteiger partial charge in [-0.3, -0.25) is 14.4 Å². The van der Waals surface area contributed by atoms with Gasteiger partial charge in [0.2, 0.25) is 5.91 Å². The van der Waals surface area contributed by atoms with E-state index in [1.807, 2.05) is 0 Å². The van der Waals surface area contributed by atoms with E-state index in [-0.39, 0.29) is 49.4 Å². The van der Waals surface area contributed by atoms with Crippen LogP contribution in [0.15, 0.2) is 49.6 Å². The van der Waals surface area contributed by atoms with E-state index < -0.39 is 35.6 Å². The number of alkyl halides is 1. The summed E-state index contributed by atoms with van der Waals surface area (Å²) in [6.45, 7) is 7.85. The highest BCUT2D eigenvalue weighted by molar-refractivity contribution is 9.09. The highest BCUT2D eigenvalue weighted by Gasteiger charge is 2.77. The topological polar surface area (TPSA) is 96.4 Å². The normalized spacial score (nSPS) is 29.8. The molecule has 0 aliphatic carbocycles. The minimum Gasteiger partial charge on any atom is -0.465 e. The van der Waals surface area contributed by atoms with Crippen molar-refractivity contribution in [1.29, 1.82) is 0 Å². The Bertz CT molecular complexity index is 1070. The number of rotatable bonds is 12. The third-order valence-corrected chi connectivity index (χ3v) is 8.53. The number of aliphatic hydroxyl groups is 1. The van der Waals surface area contributed by atoms with Gasteiger partial charge in [-0.05, 0) is 37.8 Å². The zero-order valence-electron chi connectivity index (χ0n) is 20.6. The van der Waals surface area contributed by atoms with E-state index in [1.54, 1.807) is 36.4 Å². The largest absolute Gasteiger partial charge is 0.465 e. The Morgan fingerprint density at radius 2 is 2.05 bits per heavy atom. The molecule has 3 aliphatic rings. The number of allylic oxidation sites excluding steroid dienone is 1. The molecular formula is C27H32BrClN2O6. The number of likely N-dealkylation sites (tertiary alicyclic amines) is 1. The second-order valence-corrected chi connectivity index (χ2v) is 11.1. The van der Waals surface area contributed by atoms with E-state index in [2.05, 4.69) is 29.1 Å². The molecule has 1 spiro atoms. The molecule has 3 aliphatic heterocycles. The molecule has 8 nitrogen and oxygen atoms in total. The molecule has 1 aromatic rings. The maximum Gasteiger partial charge on any atom is 0.312 e. The average Bonchev–Trinajstić information content (AvgIpc) is 3.47. The first kappa shape index (κ1) is 27.8. The average molecular weight is 596 g/mol. The molecule has 1 N–H and O–H groups in total. The van der Waals surface area contributed by atoms with Crippen molar-refractivity contribution in [3.05, 3.63) is 54.6 Å². The highest BCUT2D eigenvalue weighted by Crippen LogP contribution is 2.60. The van der Waals surface area contributed by atoms with E-state index in [9.17, 15) is 19.5 Å². The number of ether oxygens (including phenoxy) is 2. The van der Waals surface area contributed by atoms with Gasteiger partial charge in [-0.2, -0.15) is 0 Å².